The Bertz CT molecular complexity index is 1440. The first-order valence-corrected chi connectivity index (χ1v) is 12.8. The average molecular weight is 488 g/mol. The van der Waals surface area contributed by atoms with Crippen molar-refractivity contribution in [2.45, 2.75) is 50.3 Å². The summed E-state index contributed by atoms with van der Waals surface area (Å²) < 4.78 is 9.41. The van der Waals surface area contributed by atoms with Crippen LogP contribution in [-0.2, 0) is 4.74 Å². The Balaban J connectivity index is 1.10. The molecular weight excluding hydrogens is 458 g/mol. The van der Waals surface area contributed by atoms with Gasteiger partial charge in [-0.1, -0.05) is 0 Å². The molecule has 36 heavy (non-hydrogen) atoms. The normalized spacial score (nSPS) is 25.8. The molecule has 3 aromatic heterocycles. The van der Waals surface area contributed by atoms with Crippen LogP contribution >= 0.6 is 0 Å². The summed E-state index contributed by atoms with van der Waals surface area (Å²) in [6.07, 6.45) is 10.9. The number of hydrogen-bond acceptors (Lipinski definition) is 7. The smallest absolute Gasteiger partial charge is 0.261 e. The van der Waals surface area contributed by atoms with Crippen molar-refractivity contribution in [1.82, 2.24) is 24.4 Å². The van der Waals surface area contributed by atoms with Crippen molar-refractivity contribution in [3.05, 3.63) is 48.4 Å². The van der Waals surface area contributed by atoms with Gasteiger partial charge in [0.2, 0.25) is 0 Å². The summed E-state index contributed by atoms with van der Waals surface area (Å²) in [6.45, 7) is 1.84. The number of nitrogens with one attached hydrogen (secondary N) is 1. The van der Waals surface area contributed by atoms with Gasteiger partial charge in [-0.2, -0.15) is 10.2 Å². The Morgan fingerprint density at radius 1 is 1.17 bits per heavy atom. The zero-order valence-electron chi connectivity index (χ0n) is 20.0. The van der Waals surface area contributed by atoms with Crippen LogP contribution < -0.4 is 10.2 Å². The molecule has 3 fully saturated rings. The van der Waals surface area contributed by atoms with E-state index in [0.717, 1.165) is 62.0 Å². The molecule has 186 valence electrons. The fraction of sp³-hybridized carbons (Fsp3) is 0.462. The highest BCUT2D eigenvalue weighted by Crippen LogP contribution is 2.33. The maximum atomic E-state index is 13.2. The minimum absolute atomic E-state index is 0.241. The molecule has 2 aliphatic heterocycles. The predicted octanol–water partition coefficient (Wildman–Crippen LogP) is 3.03. The van der Waals surface area contributed by atoms with Gasteiger partial charge in [0.05, 0.1) is 36.5 Å². The minimum Gasteiger partial charge on any atom is -0.396 e. The third kappa shape index (κ3) is 3.72. The third-order valence-electron chi connectivity index (χ3n) is 8.02. The van der Waals surface area contributed by atoms with Crippen LogP contribution in [0.2, 0.25) is 0 Å². The largest absolute Gasteiger partial charge is 0.396 e. The molecule has 1 saturated carbocycles. The number of aromatic nitrogens is 5. The number of ether oxygens (including phenoxy) is 1. The van der Waals surface area contributed by atoms with Crippen molar-refractivity contribution in [1.29, 1.82) is 0 Å². The number of amides is 1. The van der Waals surface area contributed by atoms with Gasteiger partial charge in [0.1, 0.15) is 11.4 Å². The molecule has 7 rings (SSSR count). The first-order chi connectivity index (χ1) is 17.6. The Morgan fingerprint density at radius 2 is 2.06 bits per heavy atom. The van der Waals surface area contributed by atoms with Crippen LogP contribution in [0.3, 0.4) is 0 Å². The molecular formula is C26H29N7O3. The van der Waals surface area contributed by atoms with E-state index in [4.69, 9.17) is 14.8 Å². The number of aliphatic hydroxyl groups is 1. The number of hydrogen-bond donors (Lipinski definition) is 2. The van der Waals surface area contributed by atoms with Gasteiger partial charge in [0, 0.05) is 36.6 Å². The van der Waals surface area contributed by atoms with Crippen LogP contribution in [0, 0.1) is 5.92 Å². The van der Waals surface area contributed by atoms with E-state index in [1.165, 1.54) is 0 Å². The molecule has 2 bridgehead atoms. The highest BCUT2D eigenvalue weighted by molar-refractivity contribution is 6.08. The van der Waals surface area contributed by atoms with Gasteiger partial charge in [-0.25, -0.2) is 9.50 Å². The molecule has 2 saturated heterocycles. The summed E-state index contributed by atoms with van der Waals surface area (Å²) in [5.74, 6) is 1.03. The lowest BCUT2D eigenvalue weighted by Gasteiger charge is -2.27. The lowest BCUT2D eigenvalue weighted by molar-refractivity contribution is 0.0988. The predicted molar refractivity (Wildman–Crippen MR) is 134 cm³/mol. The molecule has 2 N–H and O–H groups in total. The van der Waals surface area contributed by atoms with Crippen LogP contribution in [0.4, 0.5) is 11.5 Å². The highest BCUT2D eigenvalue weighted by Gasteiger charge is 2.39. The summed E-state index contributed by atoms with van der Waals surface area (Å²) in [5, 5.41) is 22.5. The van der Waals surface area contributed by atoms with Gasteiger partial charge < -0.3 is 20.1 Å². The number of carbonyl (C=O) groups is 1. The molecule has 2 atom stereocenters. The quantitative estimate of drug-likeness (QED) is 0.445. The van der Waals surface area contributed by atoms with E-state index in [-0.39, 0.29) is 18.6 Å². The van der Waals surface area contributed by atoms with Crippen LogP contribution in [0.15, 0.2) is 42.9 Å². The standard InChI is InChI=1S/C26H29N7O3/c34-14-16-1-4-19(5-2-16)33-12-17-9-18(3-6-23(17)30-33)28-26(35)22-11-27-32-8-7-24(29-25(22)32)31-13-21-10-20(31)15-36-21/h3,6-9,11-12,16,19-21,34H,1-2,4-5,10,13-15H2,(H,28,35)/t16-,19-,20-,21-/m1/s1. The van der Waals surface area contributed by atoms with E-state index in [1.54, 1.807) is 10.7 Å². The summed E-state index contributed by atoms with van der Waals surface area (Å²) in [7, 11) is 0. The van der Waals surface area contributed by atoms with Gasteiger partial charge in [0.25, 0.3) is 5.91 Å². The highest BCUT2D eigenvalue weighted by atomic mass is 16.5. The van der Waals surface area contributed by atoms with Crippen LogP contribution in [-0.4, -0.2) is 67.3 Å². The van der Waals surface area contributed by atoms with Crippen molar-refractivity contribution in [3.8, 4) is 0 Å². The number of fused-ring (bicyclic) bond motifs is 4. The maximum absolute atomic E-state index is 13.2. The molecule has 1 aromatic carbocycles. The van der Waals surface area contributed by atoms with E-state index in [1.807, 2.05) is 30.5 Å². The Hall–Kier alpha value is -3.50. The van der Waals surface area contributed by atoms with Gasteiger partial charge in [-0.05, 0) is 62.3 Å². The average Bonchev–Trinajstić information content (AvgIpc) is 3.71. The molecule has 1 aliphatic carbocycles. The lowest BCUT2D eigenvalue weighted by Crippen LogP contribution is -2.37. The van der Waals surface area contributed by atoms with Crippen LogP contribution in [0.25, 0.3) is 16.6 Å². The Labute approximate surface area is 207 Å². The number of benzene rings is 1. The van der Waals surface area contributed by atoms with Gasteiger partial charge in [-0.15, -0.1) is 0 Å². The van der Waals surface area contributed by atoms with Crippen molar-refractivity contribution in [2.75, 3.05) is 30.0 Å². The number of morpholine rings is 1. The molecule has 10 heteroatoms. The van der Waals surface area contributed by atoms with Gasteiger partial charge in [-0.3, -0.25) is 9.48 Å². The van der Waals surface area contributed by atoms with Crippen LogP contribution in [0.5, 0.6) is 0 Å². The minimum atomic E-state index is -0.241. The second-order valence-corrected chi connectivity index (χ2v) is 10.3. The number of rotatable bonds is 5. The molecule has 0 spiro atoms. The van der Waals surface area contributed by atoms with E-state index in [9.17, 15) is 9.90 Å². The maximum Gasteiger partial charge on any atom is 0.261 e. The van der Waals surface area contributed by atoms with E-state index < -0.39 is 0 Å². The topological polar surface area (TPSA) is 110 Å². The number of aliphatic hydroxyl groups excluding tert-OH is 1. The van der Waals surface area contributed by atoms with Crippen molar-refractivity contribution < 1.29 is 14.6 Å². The van der Waals surface area contributed by atoms with Gasteiger partial charge >= 0.3 is 0 Å². The van der Waals surface area contributed by atoms with Crippen LogP contribution in [0.1, 0.15) is 48.5 Å². The van der Waals surface area contributed by atoms with E-state index in [0.29, 0.717) is 34.9 Å². The van der Waals surface area contributed by atoms with E-state index >= 15 is 0 Å². The van der Waals surface area contributed by atoms with E-state index in [2.05, 4.69) is 26.2 Å². The Kier molecular flexibility index (Phi) is 5.17. The number of anilines is 2. The first kappa shape index (κ1) is 21.8. The second kappa shape index (κ2) is 8.56. The summed E-state index contributed by atoms with van der Waals surface area (Å²) in [4.78, 5) is 20.3. The lowest BCUT2D eigenvalue weighted by atomic mass is 9.87. The van der Waals surface area contributed by atoms with Gasteiger partial charge in [0.15, 0.2) is 5.65 Å². The zero-order valence-corrected chi connectivity index (χ0v) is 20.0. The molecule has 4 aromatic rings. The third-order valence-corrected chi connectivity index (χ3v) is 8.02. The fourth-order valence-electron chi connectivity index (χ4n) is 5.96. The number of nitrogens with zero attached hydrogens (tertiary/aromatic N) is 6. The molecule has 1 amide bonds. The first-order valence-electron chi connectivity index (χ1n) is 12.8. The SMILES string of the molecule is O=C(Nc1ccc2nn([C@H]3CC[C@H](CO)CC3)cc2c1)c1cnn2ccc(N3C[C@H]4C[C@@H]3CO4)nc12. The monoisotopic (exact) mass is 487 g/mol. The molecule has 10 nitrogen and oxygen atoms in total. The molecule has 5 heterocycles. The zero-order chi connectivity index (χ0) is 24.2. The van der Waals surface area contributed by atoms with Crippen molar-refractivity contribution in [3.63, 3.8) is 0 Å². The second-order valence-electron chi connectivity index (χ2n) is 10.3. The summed E-state index contributed by atoms with van der Waals surface area (Å²) >= 11 is 0. The molecule has 3 aliphatic rings. The van der Waals surface area contributed by atoms with Crippen molar-refractivity contribution >= 4 is 34.0 Å². The number of carbonyl (C=O) groups excluding carboxylic acids is 1. The fourth-order valence-corrected chi connectivity index (χ4v) is 5.96. The van der Waals surface area contributed by atoms with Crippen molar-refractivity contribution in [2.24, 2.45) is 5.92 Å². The Morgan fingerprint density at radius 3 is 2.83 bits per heavy atom. The summed E-state index contributed by atoms with van der Waals surface area (Å²) in [5.41, 5.74) is 2.60. The molecule has 0 unspecified atom stereocenters. The molecule has 0 radical (unpaired) electrons. The summed E-state index contributed by atoms with van der Waals surface area (Å²) in [6, 6.07) is 8.44.